The summed E-state index contributed by atoms with van der Waals surface area (Å²) < 4.78 is 15.1. The highest BCUT2D eigenvalue weighted by atomic mass is 16.7. The molecule has 0 N–H and O–H groups in total. The maximum Gasteiger partial charge on any atom is 0.330 e. The van der Waals surface area contributed by atoms with Gasteiger partial charge in [0.15, 0.2) is 0 Å². The van der Waals surface area contributed by atoms with Gasteiger partial charge >= 0.3 is 5.97 Å². The van der Waals surface area contributed by atoms with Crippen LogP contribution in [-0.2, 0) is 19.0 Å². The summed E-state index contributed by atoms with van der Waals surface area (Å²) in [6, 6.07) is 0. The Morgan fingerprint density at radius 1 is 1.29 bits per heavy atom. The normalized spacial score (nSPS) is 12.9. The molecule has 1 atom stereocenters. The Labute approximate surface area is 104 Å². The predicted molar refractivity (Wildman–Crippen MR) is 66.7 cm³/mol. The van der Waals surface area contributed by atoms with Crippen LogP contribution in [0.15, 0.2) is 12.2 Å². The molecule has 0 aliphatic heterocycles. The molecule has 0 aromatic carbocycles. The highest BCUT2D eigenvalue weighted by molar-refractivity contribution is 5.81. The van der Waals surface area contributed by atoms with Crippen LogP contribution in [0.4, 0.5) is 0 Å². The molecule has 0 radical (unpaired) electrons. The molecule has 0 aliphatic rings. The number of hydrogen-bond donors (Lipinski definition) is 0. The Bertz CT molecular complexity index is 213. The predicted octanol–water partition coefficient (Wildman–Crippen LogP) is 2.68. The lowest BCUT2D eigenvalue weighted by atomic mass is 10.1. The quantitative estimate of drug-likeness (QED) is 0.256. The molecule has 0 amide bonds. The highest BCUT2D eigenvalue weighted by Crippen LogP contribution is 2.08. The number of unbranched alkanes of at least 4 members (excludes halogenated alkanes) is 2. The van der Waals surface area contributed by atoms with Crippen molar-refractivity contribution in [1.29, 1.82) is 0 Å². The van der Waals surface area contributed by atoms with Gasteiger partial charge < -0.3 is 14.2 Å². The van der Waals surface area contributed by atoms with Crippen molar-refractivity contribution in [3.63, 3.8) is 0 Å². The molecule has 4 heteroatoms. The lowest BCUT2D eigenvalue weighted by Gasteiger charge is -2.13. The van der Waals surface area contributed by atoms with Gasteiger partial charge in [-0.15, -0.1) is 0 Å². The van der Waals surface area contributed by atoms with E-state index in [-0.39, 0.29) is 18.9 Å². The van der Waals surface area contributed by atoms with Gasteiger partial charge in [0.05, 0.1) is 12.7 Å². The van der Waals surface area contributed by atoms with Gasteiger partial charge in [-0.05, 0) is 19.4 Å². The lowest BCUT2D eigenvalue weighted by Crippen LogP contribution is -2.13. The minimum Gasteiger partial charge on any atom is -0.463 e. The number of ether oxygens (including phenoxy) is 3. The Balaban J connectivity index is 4.02. The van der Waals surface area contributed by atoms with Crippen LogP contribution in [0.25, 0.3) is 0 Å². The standard InChI is InChI=1S/C13H24O4/c1-4-6-7-8-12(17-11-15-3)9-10-13(14)16-5-2/h9-10,12H,4-8,11H2,1-3H3/b10-9+/t12-/m0/s1. The zero-order chi connectivity index (χ0) is 12.9. The third-order valence-electron chi connectivity index (χ3n) is 2.23. The molecule has 0 rings (SSSR count). The van der Waals surface area contributed by atoms with Crippen molar-refractivity contribution in [3.05, 3.63) is 12.2 Å². The van der Waals surface area contributed by atoms with E-state index in [1.54, 1.807) is 20.1 Å². The highest BCUT2D eigenvalue weighted by Gasteiger charge is 2.05. The maximum absolute atomic E-state index is 11.2. The van der Waals surface area contributed by atoms with Gasteiger partial charge in [-0.2, -0.15) is 0 Å². The van der Waals surface area contributed by atoms with Gasteiger partial charge in [-0.3, -0.25) is 0 Å². The molecule has 0 unspecified atom stereocenters. The lowest BCUT2D eigenvalue weighted by molar-refractivity contribution is -0.137. The second kappa shape index (κ2) is 11.6. The van der Waals surface area contributed by atoms with Crippen molar-refractivity contribution in [2.24, 2.45) is 0 Å². The summed E-state index contributed by atoms with van der Waals surface area (Å²) >= 11 is 0. The van der Waals surface area contributed by atoms with Crippen LogP contribution >= 0.6 is 0 Å². The molecule has 100 valence electrons. The van der Waals surface area contributed by atoms with Crippen LogP contribution in [0.3, 0.4) is 0 Å². The first-order chi connectivity index (χ1) is 8.24. The van der Waals surface area contributed by atoms with Crippen molar-refractivity contribution in [1.82, 2.24) is 0 Å². The summed E-state index contributed by atoms with van der Waals surface area (Å²) in [7, 11) is 1.58. The Kier molecular flexibility index (Phi) is 11.0. The SMILES string of the molecule is CCCCC[C@@H](/C=C/C(=O)OCC)OCOC. The minimum absolute atomic E-state index is 0.0779. The van der Waals surface area contributed by atoms with Crippen LogP contribution in [0.5, 0.6) is 0 Å². The average molecular weight is 244 g/mol. The van der Waals surface area contributed by atoms with Crippen molar-refractivity contribution in [2.75, 3.05) is 20.5 Å². The first-order valence-corrected chi connectivity index (χ1v) is 6.20. The van der Waals surface area contributed by atoms with E-state index < -0.39 is 0 Å². The molecule has 0 aromatic rings. The fraction of sp³-hybridized carbons (Fsp3) is 0.769. The van der Waals surface area contributed by atoms with E-state index in [1.807, 2.05) is 0 Å². The first kappa shape index (κ1) is 16.1. The number of carbonyl (C=O) groups excluding carboxylic acids is 1. The fourth-order valence-corrected chi connectivity index (χ4v) is 1.36. The molecule has 0 heterocycles. The smallest absolute Gasteiger partial charge is 0.330 e. The molecular weight excluding hydrogens is 220 g/mol. The summed E-state index contributed by atoms with van der Waals surface area (Å²) in [5.41, 5.74) is 0. The van der Waals surface area contributed by atoms with Crippen molar-refractivity contribution in [2.45, 2.75) is 45.6 Å². The van der Waals surface area contributed by atoms with Gasteiger partial charge in [0.2, 0.25) is 0 Å². The minimum atomic E-state index is -0.325. The van der Waals surface area contributed by atoms with Crippen LogP contribution in [0.2, 0.25) is 0 Å². The van der Waals surface area contributed by atoms with Crippen molar-refractivity contribution in [3.8, 4) is 0 Å². The molecule has 0 saturated carbocycles. The van der Waals surface area contributed by atoms with E-state index in [0.29, 0.717) is 6.61 Å². The van der Waals surface area contributed by atoms with Gasteiger partial charge in [0, 0.05) is 13.2 Å². The topological polar surface area (TPSA) is 44.8 Å². The summed E-state index contributed by atoms with van der Waals surface area (Å²) in [5, 5.41) is 0. The Hall–Kier alpha value is -0.870. The van der Waals surface area contributed by atoms with E-state index in [1.165, 1.54) is 18.9 Å². The van der Waals surface area contributed by atoms with Gasteiger partial charge in [-0.1, -0.05) is 26.2 Å². The summed E-state index contributed by atoms with van der Waals surface area (Å²) in [6.45, 7) is 4.57. The van der Waals surface area contributed by atoms with Gasteiger partial charge in [0.25, 0.3) is 0 Å². The number of esters is 1. The van der Waals surface area contributed by atoms with E-state index >= 15 is 0 Å². The fourth-order valence-electron chi connectivity index (χ4n) is 1.36. The molecule has 17 heavy (non-hydrogen) atoms. The maximum atomic E-state index is 11.2. The molecule has 0 aromatic heterocycles. The molecule has 0 saturated heterocycles. The third-order valence-corrected chi connectivity index (χ3v) is 2.23. The zero-order valence-electron chi connectivity index (χ0n) is 11.1. The summed E-state index contributed by atoms with van der Waals surface area (Å²) in [5.74, 6) is -0.325. The Morgan fingerprint density at radius 3 is 2.65 bits per heavy atom. The van der Waals surface area contributed by atoms with E-state index in [4.69, 9.17) is 14.2 Å². The number of methoxy groups -OCH3 is 1. The van der Waals surface area contributed by atoms with E-state index in [9.17, 15) is 4.79 Å². The molecular formula is C13H24O4. The molecule has 4 nitrogen and oxygen atoms in total. The second-order valence-electron chi connectivity index (χ2n) is 3.72. The average Bonchev–Trinajstić information content (AvgIpc) is 2.32. The molecule has 0 fully saturated rings. The van der Waals surface area contributed by atoms with E-state index in [2.05, 4.69) is 6.92 Å². The van der Waals surface area contributed by atoms with E-state index in [0.717, 1.165) is 12.8 Å². The van der Waals surface area contributed by atoms with Crippen LogP contribution in [-0.4, -0.2) is 32.6 Å². The zero-order valence-corrected chi connectivity index (χ0v) is 11.1. The number of carbonyl (C=O) groups is 1. The monoisotopic (exact) mass is 244 g/mol. The molecule has 0 spiro atoms. The number of hydrogen-bond acceptors (Lipinski definition) is 4. The first-order valence-electron chi connectivity index (χ1n) is 6.20. The Morgan fingerprint density at radius 2 is 2.06 bits per heavy atom. The van der Waals surface area contributed by atoms with Crippen molar-refractivity contribution >= 4 is 5.97 Å². The molecule has 0 aliphatic carbocycles. The number of rotatable bonds is 10. The van der Waals surface area contributed by atoms with Crippen molar-refractivity contribution < 1.29 is 19.0 Å². The van der Waals surface area contributed by atoms with Crippen LogP contribution in [0.1, 0.15) is 39.5 Å². The summed E-state index contributed by atoms with van der Waals surface area (Å²) in [6.07, 6.45) is 7.40. The molecule has 0 bridgehead atoms. The van der Waals surface area contributed by atoms with Gasteiger partial charge in [-0.25, -0.2) is 4.79 Å². The second-order valence-corrected chi connectivity index (χ2v) is 3.72. The van der Waals surface area contributed by atoms with Crippen LogP contribution in [0, 0.1) is 0 Å². The third kappa shape index (κ3) is 10.0. The largest absolute Gasteiger partial charge is 0.463 e. The van der Waals surface area contributed by atoms with Gasteiger partial charge in [0.1, 0.15) is 6.79 Å². The summed E-state index contributed by atoms with van der Waals surface area (Å²) in [4.78, 5) is 11.2. The van der Waals surface area contributed by atoms with Crippen LogP contribution < -0.4 is 0 Å².